The van der Waals surface area contributed by atoms with Gasteiger partial charge in [0.15, 0.2) is 12.4 Å². The average molecular weight is 459 g/mol. The molecule has 3 N–H and O–H groups in total. The van der Waals surface area contributed by atoms with Gasteiger partial charge < -0.3 is 15.0 Å². The third-order valence-electron chi connectivity index (χ3n) is 6.02. The van der Waals surface area contributed by atoms with Crippen LogP contribution in [-0.4, -0.2) is 42.6 Å². The van der Waals surface area contributed by atoms with E-state index >= 15 is 0 Å². The Bertz CT molecular complexity index is 1770. The lowest BCUT2D eigenvalue weighted by atomic mass is 10.0. The van der Waals surface area contributed by atoms with Gasteiger partial charge in [-0.3, -0.25) is 19.9 Å². The number of benzene rings is 2. The van der Waals surface area contributed by atoms with Crippen LogP contribution in [0.3, 0.4) is 0 Å². The molecule has 1 aliphatic heterocycles. The molecule has 7 rings (SSSR count). The molecular formula is C26H17N7O2. The minimum Gasteiger partial charge on any atom is -0.484 e. The standard InChI is InChI=1S/C26H17N7O2/c34-23-13-35-17-4-1-3-14(8-17)18-5-2-6-20-24(18)31-26(30-20)25-19-9-21(28-12-22(19)32-33-25)15-7-16(29-23)11-27-10-15/h1-12H,13H2,(H,29,34)(H,30,31)(H,32,33). The Morgan fingerprint density at radius 3 is 2.83 bits per heavy atom. The van der Waals surface area contributed by atoms with Crippen molar-refractivity contribution in [2.24, 2.45) is 0 Å². The fourth-order valence-electron chi connectivity index (χ4n) is 4.38. The van der Waals surface area contributed by atoms with Crippen LogP contribution in [0.15, 0.2) is 73.2 Å². The zero-order valence-electron chi connectivity index (χ0n) is 18.2. The van der Waals surface area contributed by atoms with Crippen LogP contribution in [0.5, 0.6) is 5.75 Å². The summed E-state index contributed by atoms with van der Waals surface area (Å²) in [4.78, 5) is 29.7. The van der Waals surface area contributed by atoms with Gasteiger partial charge in [0.1, 0.15) is 11.4 Å². The van der Waals surface area contributed by atoms with Crippen LogP contribution in [0.4, 0.5) is 5.69 Å². The van der Waals surface area contributed by atoms with Crippen molar-refractivity contribution in [3.05, 3.63) is 73.2 Å². The predicted octanol–water partition coefficient (Wildman–Crippen LogP) is 4.56. The Labute approximate surface area is 198 Å². The molecule has 0 aliphatic carbocycles. The number of aromatic nitrogens is 6. The molecule has 1 amide bonds. The maximum atomic E-state index is 12.6. The van der Waals surface area contributed by atoms with Gasteiger partial charge >= 0.3 is 0 Å². The van der Waals surface area contributed by atoms with E-state index < -0.39 is 0 Å². The number of pyridine rings is 2. The van der Waals surface area contributed by atoms with E-state index in [4.69, 9.17) is 9.72 Å². The second kappa shape index (κ2) is 7.49. The molecule has 4 aromatic heterocycles. The average Bonchev–Trinajstić information content (AvgIpc) is 3.51. The minimum atomic E-state index is -0.282. The Balaban J connectivity index is 1.48. The van der Waals surface area contributed by atoms with Crippen LogP contribution in [0.1, 0.15) is 0 Å². The quantitative estimate of drug-likeness (QED) is 0.306. The van der Waals surface area contributed by atoms with Gasteiger partial charge in [0.25, 0.3) is 5.91 Å². The fraction of sp³-hybridized carbons (Fsp3) is 0.0385. The van der Waals surface area contributed by atoms with Crippen molar-refractivity contribution in [3.8, 4) is 39.7 Å². The molecule has 0 saturated heterocycles. The van der Waals surface area contributed by atoms with E-state index in [1.807, 2.05) is 54.6 Å². The molecule has 0 spiro atoms. The normalized spacial score (nSPS) is 13.0. The number of nitrogens with zero attached hydrogens (tertiary/aromatic N) is 4. The molecule has 6 aromatic rings. The molecule has 1 aliphatic rings. The Hall–Kier alpha value is -5.05. The lowest BCUT2D eigenvalue weighted by molar-refractivity contribution is -0.118. The number of rotatable bonds is 0. The number of hydrogen-bond donors (Lipinski definition) is 3. The summed E-state index contributed by atoms with van der Waals surface area (Å²) < 4.78 is 5.78. The van der Waals surface area contributed by atoms with Gasteiger partial charge in [-0.2, -0.15) is 5.10 Å². The monoisotopic (exact) mass is 459 g/mol. The van der Waals surface area contributed by atoms with Crippen LogP contribution in [0.25, 0.3) is 55.8 Å². The van der Waals surface area contributed by atoms with Crippen molar-refractivity contribution >= 4 is 33.5 Å². The molecule has 2 aromatic carbocycles. The van der Waals surface area contributed by atoms with E-state index in [-0.39, 0.29) is 12.5 Å². The summed E-state index contributed by atoms with van der Waals surface area (Å²) in [5, 5.41) is 11.3. The molecule has 168 valence electrons. The van der Waals surface area contributed by atoms with Gasteiger partial charge in [0.05, 0.1) is 40.3 Å². The third kappa shape index (κ3) is 3.29. The molecule has 35 heavy (non-hydrogen) atoms. The highest BCUT2D eigenvalue weighted by atomic mass is 16.5. The van der Waals surface area contributed by atoms with Crippen molar-refractivity contribution < 1.29 is 9.53 Å². The first kappa shape index (κ1) is 19.4. The molecule has 0 unspecified atom stereocenters. The Kier molecular flexibility index (Phi) is 4.16. The van der Waals surface area contributed by atoms with E-state index in [0.29, 0.717) is 28.6 Å². The fourth-order valence-corrected chi connectivity index (χ4v) is 4.38. The molecule has 9 nitrogen and oxygen atoms in total. The summed E-state index contributed by atoms with van der Waals surface area (Å²) in [6.07, 6.45) is 5.03. The zero-order valence-corrected chi connectivity index (χ0v) is 18.2. The van der Waals surface area contributed by atoms with Gasteiger partial charge in [-0.25, -0.2) is 4.98 Å². The summed E-state index contributed by atoms with van der Waals surface area (Å²) >= 11 is 0. The first-order chi connectivity index (χ1) is 17.2. The SMILES string of the molecule is O=C1COc2cccc(c2)-c2cccc3[nH]c(nc23)-c2n[nH]c3cnc(cc23)-c2cncc(c2)N1. The van der Waals surface area contributed by atoms with Gasteiger partial charge in [0.2, 0.25) is 0 Å². The minimum absolute atomic E-state index is 0.132. The summed E-state index contributed by atoms with van der Waals surface area (Å²) in [7, 11) is 0. The topological polar surface area (TPSA) is 121 Å². The Morgan fingerprint density at radius 2 is 1.86 bits per heavy atom. The predicted molar refractivity (Wildman–Crippen MR) is 132 cm³/mol. The molecule has 9 heteroatoms. The summed E-state index contributed by atoms with van der Waals surface area (Å²) in [5.74, 6) is 0.963. The van der Waals surface area contributed by atoms with Crippen molar-refractivity contribution in [1.29, 1.82) is 0 Å². The van der Waals surface area contributed by atoms with E-state index in [2.05, 4.69) is 30.5 Å². The van der Waals surface area contributed by atoms with E-state index in [0.717, 1.165) is 38.6 Å². The second-order valence-electron chi connectivity index (χ2n) is 8.30. The number of carbonyl (C=O) groups is 1. The number of para-hydroxylation sites is 1. The molecule has 0 atom stereocenters. The van der Waals surface area contributed by atoms with Gasteiger partial charge in [-0.1, -0.05) is 24.3 Å². The number of anilines is 1. The van der Waals surface area contributed by atoms with E-state index in [1.54, 1.807) is 18.6 Å². The third-order valence-corrected chi connectivity index (χ3v) is 6.02. The number of aromatic amines is 2. The first-order valence-electron chi connectivity index (χ1n) is 11.0. The molecule has 0 radical (unpaired) electrons. The second-order valence-corrected chi connectivity index (χ2v) is 8.30. The number of hydrogen-bond acceptors (Lipinski definition) is 6. The van der Waals surface area contributed by atoms with Crippen LogP contribution in [0.2, 0.25) is 0 Å². The van der Waals surface area contributed by atoms with Crippen molar-refractivity contribution in [1.82, 2.24) is 30.1 Å². The van der Waals surface area contributed by atoms with Crippen LogP contribution < -0.4 is 10.1 Å². The maximum Gasteiger partial charge on any atom is 0.262 e. The highest BCUT2D eigenvalue weighted by Gasteiger charge is 2.17. The van der Waals surface area contributed by atoms with Gasteiger partial charge in [-0.05, 0) is 35.9 Å². The number of nitrogens with one attached hydrogen (secondary N) is 3. The zero-order chi connectivity index (χ0) is 23.4. The molecule has 0 saturated carbocycles. The van der Waals surface area contributed by atoms with Crippen molar-refractivity contribution in [2.75, 3.05) is 11.9 Å². The molecule has 5 heterocycles. The Morgan fingerprint density at radius 1 is 0.914 bits per heavy atom. The van der Waals surface area contributed by atoms with E-state index in [1.165, 1.54) is 0 Å². The molecular weight excluding hydrogens is 442 g/mol. The first-order valence-corrected chi connectivity index (χ1v) is 11.0. The lowest BCUT2D eigenvalue weighted by Crippen LogP contribution is -2.20. The smallest absolute Gasteiger partial charge is 0.262 e. The summed E-state index contributed by atoms with van der Waals surface area (Å²) in [5.41, 5.74) is 7.10. The largest absolute Gasteiger partial charge is 0.484 e. The van der Waals surface area contributed by atoms with Crippen molar-refractivity contribution in [3.63, 3.8) is 0 Å². The van der Waals surface area contributed by atoms with Crippen molar-refractivity contribution in [2.45, 2.75) is 0 Å². The summed E-state index contributed by atoms with van der Waals surface area (Å²) in [6.45, 7) is -0.132. The van der Waals surface area contributed by atoms with Gasteiger partial charge in [0, 0.05) is 22.7 Å². The maximum absolute atomic E-state index is 12.6. The highest BCUT2D eigenvalue weighted by molar-refractivity contribution is 5.98. The number of amides is 1. The number of fused-ring (bicyclic) bond motifs is 9. The number of ether oxygens (including phenoxy) is 1. The molecule has 8 bridgehead atoms. The highest BCUT2D eigenvalue weighted by Crippen LogP contribution is 2.33. The number of H-pyrrole nitrogens is 2. The van der Waals surface area contributed by atoms with E-state index in [9.17, 15) is 4.79 Å². The van der Waals surface area contributed by atoms with Crippen LogP contribution in [-0.2, 0) is 4.79 Å². The van der Waals surface area contributed by atoms with Crippen LogP contribution in [0, 0.1) is 0 Å². The number of carbonyl (C=O) groups excluding carboxylic acids is 1. The van der Waals surface area contributed by atoms with Crippen LogP contribution >= 0.6 is 0 Å². The molecule has 0 fully saturated rings. The summed E-state index contributed by atoms with van der Waals surface area (Å²) in [6, 6.07) is 17.4. The number of imidazole rings is 1. The lowest BCUT2D eigenvalue weighted by Gasteiger charge is -2.10. The van der Waals surface area contributed by atoms with Gasteiger partial charge in [-0.15, -0.1) is 0 Å².